The molecule has 7 heteroatoms. The number of aromatic nitrogens is 1. The van der Waals surface area contributed by atoms with Crippen molar-refractivity contribution in [3.8, 4) is 0 Å². The van der Waals surface area contributed by atoms with Crippen molar-refractivity contribution in [2.75, 3.05) is 32.7 Å². The molecule has 1 saturated heterocycles. The van der Waals surface area contributed by atoms with Crippen molar-refractivity contribution < 1.29 is 4.79 Å². The number of carbonyl (C=O) groups is 1. The van der Waals surface area contributed by atoms with Crippen molar-refractivity contribution in [1.29, 1.82) is 0 Å². The molecule has 4 rings (SSSR count). The number of fused-ring (bicyclic) bond motifs is 1. The zero-order valence-electron chi connectivity index (χ0n) is 13.3. The number of Topliss-reactive ketones (excluding diaryl/α,β-unsaturated/α-hetero) is 1. The maximum Gasteiger partial charge on any atom is 0.164 e. The molecule has 2 aliphatic heterocycles. The number of halogens is 1. The maximum absolute atomic E-state index is 12.7. The second-order valence-corrected chi connectivity index (χ2v) is 9.21. The Bertz CT molecular complexity index is 589. The highest BCUT2D eigenvalue weighted by molar-refractivity contribution is 9.11. The molecule has 126 valence electrons. The van der Waals surface area contributed by atoms with E-state index in [0.717, 1.165) is 49.1 Å². The Morgan fingerprint density at radius 1 is 1.39 bits per heavy atom. The molecule has 2 fully saturated rings. The molecule has 1 aromatic rings. The molecule has 3 aliphatic rings. The third-order valence-corrected chi connectivity index (χ3v) is 6.88. The molecule has 3 heterocycles. The molecule has 5 nitrogen and oxygen atoms in total. The number of hydrogen-bond donors (Lipinski definition) is 1. The fourth-order valence-corrected chi connectivity index (χ4v) is 5.43. The Labute approximate surface area is 149 Å². The summed E-state index contributed by atoms with van der Waals surface area (Å²) in [6.45, 7) is 5.30. The van der Waals surface area contributed by atoms with Gasteiger partial charge in [-0.05, 0) is 28.8 Å². The molecule has 0 spiro atoms. The molecule has 0 radical (unpaired) electrons. The van der Waals surface area contributed by atoms with Gasteiger partial charge in [0.2, 0.25) is 0 Å². The number of piperazine rings is 1. The van der Waals surface area contributed by atoms with Crippen LogP contribution in [0.3, 0.4) is 0 Å². The van der Waals surface area contributed by atoms with Gasteiger partial charge in [0.25, 0.3) is 0 Å². The number of hydrogen-bond acceptors (Lipinski definition) is 6. The summed E-state index contributed by atoms with van der Waals surface area (Å²) >= 11 is 5.16. The number of nitrogens with zero attached hydrogens (tertiary/aromatic N) is 3. The SMILES string of the molecule is O=C(CN1CCc2nc(Br)sc2C1)C1CN(C2CCC2)CCN1. The van der Waals surface area contributed by atoms with Gasteiger partial charge in [0.15, 0.2) is 9.70 Å². The highest BCUT2D eigenvalue weighted by Crippen LogP contribution is 2.28. The zero-order valence-corrected chi connectivity index (χ0v) is 15.7. The normalized spacial score (nSPS) is 26.7. The summed E-state index contributed by atoms with van der Waals surface area (Å²) in [5.41, 5.74) is 1.21. The van der Waals surface area contributed by atoms with E-state index in [9.17, 15) is 4.79 Å². The van der Waals surface area contributed by atoms with Crippen LogP contribution in [-0.4, -0.2) is 65.4 Å². The smallest absolute Gasteiger partial charge is 0.164 e. The average Bonchev–Trinajstić information content (AvgIpc) is 2.85. The summed E-state index contributed by atoms with van der Waals surface area (Å²) in [6.07, 6.45) is 4.94. The van der Waals surface area contributed by atoms with Crippen molar-refractivity contribution in [1.82, 2.24) is 20.1 Å². The van der Waals surface area contributed by atoms with E-state index in [1.165, 1.54) is 29.8 Å². The van der Waals surface area contributed by atoms with Gasteiger partial charge in [0, 0.05) is 50.1 Å². The predicted molar refractivity (Wildman–Crippen MR) is 94.8 cm³/mol. The summed E-state index contributed by atoms with van der Waals surface area (Å²) in [5.74, 6) is 0.348. The first-order chi connectivity index (χ1) is 11.2. The van der Waals surface area contributed by atoms with Gasteiger partial charge in [-0.3, -0.25) is 14.6 Å². The molecular formula is C16H23BrN4OS. The summed E-state index contributed by atoms with van der Waals surface area (Å²) in [5, 5.41) is 3.43. The van der Waals surface area contributed by atoms with Gasteiger partial charge < -0.3 is 5.32 Å². The molecule has 1 N–H and O–H groups in total. The molecule has 1 saturated carbocycles. The number of thiazole rings is 1. The van der Waals surface area contributed by atoms with E-state index in [-0.39, 0.29) is 6.04 Å². The minimum absolute atomic E-state index is 0.0129. The monoisotopic (exact) mass is 398 g/mol. The van der Waals surface area contributed by atoms with Crippen LogP contribution in [0.25, 0.3) is 0 Å². The van der Waals surface area contributed by atoms with Gasteiger partial charge in [-0.15, -0.1) is 11.3 Å². The molecule has 23 heavy (non-hydrogen) atoms. The Kier molecular flexibility index (Phi) is 4.83. The minimum atomic E-state index is 0.0129. The Morgan fingerprint density at radius 3 is 3.04 bits per heavy atom. The van der Waals surface area contributed by atoms with Gasteiger partial charge in [-0.2, -0.15) is 0 Å². The van der Waals surface area contributed by atoms with E-state index in [1.807, 2.05) is 0 Å². The summed E-state index contributed by atoms with van der Waals surface area (Å²) in [4.78, 5) is 23.3. The van der Waals surface area contributed by atoms with Crippen LogP contribution in [0.5, 0.6) is 0 Å². The molecule has 1 unspecified atom stereocenters. The number of rotatable bonds is 4. The van der Waals surface area contributed by atoms with Gasteiger partial charge in [-0.25, -0.2) is 4.98 Å². The van der Waals surface area contributed by atoms with E-state index < -0.39 is 0 Å². The lowest BCUT2D eigenvalue weighted by Crippen LogP contribution is -2.59. The van der Waals surface area contributed by atoms with E-state index in [4.69, 9.17) is 0 Å². The van der Waals surface area contributed by atoms with Gasteiger partial charge in [-0.1, -0.05) is 6.42 Å². The molecular weight excluding hydrogens is 376 g/mol. The second kappa shape index (κ2) is 6.88. The van der Waals surface area contributed by atoms with Crippen LogP contribution < -0.4 is 5.32 Å². The fourth-order valence-electron chi connectivity index (χ4n) is 3.75. The van der Waals surface area contributed by atoms with Crippen molar-refractivity contribution in [2.24, 2.45) is 0 Å². The minimum Gasteiger partial charge on any atom is -0.305 e. The number of carbonyl (C=O) groups excluding carboxylic acids is 1. The second-order valence-electron chi connectivity index (χ2n) is 6.85. The van der Waals surface area contributed by atoms with E-state index >= 15 is 0 Å². The topological polar surface area (TPSA) is 48.5 Å². The van der Waals surface area contributed by atoms with E-state index in [0.29, 0.717) is 12.3 Å². The molecule has 1 atom stereocenters. The first kappa shape index (κ1) is 16.1. The van der Waals surface area contributed by atoms with Crippen LogP contribution in [0.1, 0.15) is 29.8 Å². The highest BCUT2D eigenvalue weighted by atomic mass is 79.9. The largest absolute Gasteiger partial charge is 0.305 e. The van der Waals surface area contributed by atoms with E-state index in [1.54, 1.807) is 11.3 Å². The Balaban J connectivity index is 1.33. The van der Waals surface area contributed by atoms with Gasteiger partial charge >= 0.3 is 0 Å². The lowest BCUT2D eigenvalue weighted by molar-refractivity contribution is -0.124. The Hall–Kier alpha value is -0.340. The van der Waals surface area contributed by atoms with Gasteiger partial charge in [0.05, 0.1) is 18.3 Å². The predicted octanol–water partition coefficient (Wildman–Crippen LogP) is 1.66. The standard InChI is InChI=1S/C16H23BrN4OS/c17-16-19-12-4-6-20(10-15(12)23-16)9-14(22)13-8-21(7-5-18-13)11-2-1-3-11/h11,13,18H,1-10H2. The van der Waals surface area contributed by atoms with Crippen LogP contribution in [-0.2, 0) is 17.8 Å². The lowest BCUT2D eigenvalue weighted by Gasteiger charge is -2.42. The molecule has 1 aliphatic carbocycles. The van der Waals surface area contributed by atoms with Crippen LogP contribution in [0.4, 0.5) is 0 Å². The van der Waals surface area contributed by atoms with Crippen molar-refractivity contribution >= 4 is 33.0 Å². The average molecular weight is 399 g/mol. The van der Waals surface area contributed by atoms with Crippen molar-refractivity contribution in [3.63, 3.8) is 0 Å². The third-order valence-electron chi connectivity index (χ3n) is 5.35. The quantitative estimate of drug-likeness (QED) is 0.835. The lowest BCUT2D eigenvalue weighted by atomic mass is 9.90. The summed E-state index contributed by atoms with van der Waals surface area (Å²) < 4.78 is 0.959. The molecule has 0 amide bonds. The first-order valence-corrected chi connectivity index (χ1v) is 10.2. The Morgan fingerprint density at radius 2 is 2.26 bits per heavy atom. The van der Waals surface area contributed by atoms with Crippen LogP contribution >= 0.6 is 27.3 Å². The van der Waals surface area contributed by atoms with Crippen molar-refractivity contribution in [3.05, 3.63) is 14.5 Å². The summed E-state index contributed by atoms with van der Waals surface area (Å²) in [7, 11) is 0. The van der Waals surface area contributed by atoms with Crippen LogP contribution in [0.15, 0.2) is 3.92 Å². The molecule has 1 aromatic heterocycles. The first-order valence-electron chi connectivity index (χ1n) is 8.55. The molecule has 0 bridgehead atoms. The number of ketones is 1. The van der Waals surface area contributed by atoms with Gasteiger partial charge in [0.1, 0.15) is 0 Å². The van der Waals surface area contributed by atoms with Crippen LogP contribution in [0.2, 0.25) is 0 Å². The van der Waals surface area contributed by atoms with E-state index in [2.05, 4.69) is 36.0 Å². The third kappa shape index (κ3) is 3.54. The van der Waals surface area contributed by atoms with Crippen molar-refractivity contribution in [2.45, 2.75) is 44.3 Å². The highest BCUT2D eigenvalue weighted by Gasteiger charge is 2.33. The number of nitrogens with one attached hydrogen (secondary N) is 1. The summed E-state index contributed by atoms with van der Waals surface area (Å²) in [6, 6.07) is 0.749. The molecule has 0 aromatic carbocycles. The zero-order chi connectivity index (χ0) is 15.8. The van der Waals surface area contributed by atoms with Crippen LogP contribution in [0, 0.1) is 0 Å². The maximum atomic E-state index is 12.7. The fraction of sp³-hybridized carbons (Fsp3) is 0.750.